The van der Waals surface area contributed by atoms with Gasteiger partial charge in [0.25, 0.3) is 0 Å². The fraction of sp³-hybridized carbons (Fsp3) is 0.450. The minimum absolute atomic E-state index is 0.0974. The van der Waals surface area contributed by atoms with E-state index in [9.17, 15) is 14.9 Å². The lowest BCUT2D eigenvalue weighted by atomic mass is 9.87. The molecule has 2 heterocycles. The molecule has 8 heteroatoms. The summed E-state index contributed by atoms with van der Waals surface area (Å²) >= 11 is 0. The van der Waals surface area contributed by atoms with Gasteiger partial charge in [0.15, 0.2) is 0 Å². The number of nitrogens with two attached hydrogens (primary N) is 1. The van der Waals surface area contributed by atoms with E-state index < -0.39 is 11.4 Å². The van der Waals surface area contributed by atoms with Crippen molar-refractivity contribution < 1.29 is 14.0 Å². The largest absolute Gasteiger partial charge is 0.467 e. The molecule has 0 saturated heterocycles. The first-order valence-corrected chi connectivity index (χ1v) is 9.08. The molecule has 150 valence electrons. The molecule has 0 bridgehead atoms. The molecule has 0 saturated carbocycles. The number of hydrogen-bond acceptors (Lipinski definition) is 5. The summed E-state index contributed by atoms with van der Waals surface area (Å²) in [4.78, 5) is 24.4. The van der Waals surface area contributed by atoms with Crippen molar-refractivity contribution >= 4 is 17.6 Å². The molecule has 2 rings (SSSR count). The van der Waals surface area contributed by atoms with Crippen molar-refractivity contribution in [3.63, 3.8) is 0 Å². The number of nitrogens with one attached hydrogen (secondary N) is 2. The van der Waals surface area contributed by atoms with Crippen molar-refractivity contribution in [3.8, 4) is 6.07 Å². The second-order valence-corrected chi connectivity index (χ2v) is 7.33. The average molecular weight is 385 g/mol. The summed E-state index contributed by atoms with van der Waals surface area (Å²) < 4.78 is 7.23. The van der Waals surface area contributed by atoms with Crippen molar-refractivity contribution in [2.75, 3.05) is 11.9 Å². The minimum atomic E-state index is -1.02. The van der Waals surface area contributed by atoms with Crippen LogP contribution in [-0.4, -0.2) is 28.5 Å². The van der Waals surface area contributed by atoms with Gasteiger partial charge in [0.1, 0.15) is 17.6 Å². The molecule has 0 aliphatic heterocycles. The molecule has 2 aromatic heterocycles. The first-order valence-electron chi connectivity index (χ1n) is 9.08. The van der Waals surface area contributed by atoms with Crippen LogP contribution in [0.25, 0.3) is 0 Å². The maximum absolute atomic E-state index is 12.6. The first-order chi connectivity index (χ1) is 13.1. The molecule has 8 nitrogen and oxygen atoms in total. The zero-order chi connectivity index (χ0) is 21.1. The van der Waals surface area contributed by atoms with Crippen LogP contribution < -0.4 is 16.4 Å². The highest BCUT2D eigenvalue weighted by Crippen LogP contribution is 2.27. The van der Waals surface area contributed by atoms with Crippen LogP contribution in [-0.2, 0) is 16.1 Å². The Morgan fingerprint density at radius 2 is 2.07 bits per heavy atom. The molecule has 4 N–H and O–H groups in total. The molecule has 2 amide bonds. The summed E-state index contributed by atoms with van der Waals surface area (Å²) in [6.45, 7) is 9.36. The molecule has 1 atom stereocenters. The van der Waals surface area contributed by atoms with Gasteiger partial charge in [-0.1, -0.05) is 13.8 Å². The highest BCUT2D eigenvalue weighted by Gasteiger charge is 2.34. The Bertz CT molecular complexity index is 905. The van der Waals surface area contributed by atoms with Crippen LogP contribution in [0.5, 0.6) is 0 Å². The van der Waals surface area contributed by atoms with Crippen molar-refractivity contribution in [3.05, 3.63) is 41.0 Å². The Morgan fingerprint density at radius 3 is 2.57 bits per heavy atom. The van der Waals surface area contributed by atoms with E-state index in [-0.39, 0.29) is 18.4 Å². The monoisotopic (exact) mass is 385 g/mol. The molecule has 2 aromatic rings. The quantitative estimate of drug-likeness (QED) is 0.641. The molecule has 0 aliphatic carbocycles. The lowest BCUT2D eigenvalue weighted by Gasteiger charge is -2.31. The van der Waals surface area contributed by atoms with Gasteiger partial charge in [-0.3, -0.25) is 14.9 Å². The highest BCUT2D eigenvalue weighted by atomic mass is 16.3. The molecular weight excluding hydrogens is 358 g/mol. The minimum Gasteiger partial charge on any atom is -0.467 e. The summed E-state index contributed by atoms with van der Waals surface area (Å²) in [5, 5.41) is 15.3. The third-order valence-corrected chi connectivity index (χ3v) is 5.38. The average Bonchev–Trinajstić information content (AvgIpc) is 3.22. The van der Waals surface area contributed by atoms with Gasteiger partial charge in [-0.15, -0.1) is 0 Å². The molecule has 28 heavy (non-hydrogen) atoms. The van der Waals surface area contributed by atoms with Crippen LogP contribution >= 0.6 is 0 Å². The Hall–Kier alpha value is -3.05. The first kappa shape index (κ1) is 21.3. The van der Waals surface area contributed by atoms with E-state index in [0.29, 0.717) is 23.7 Å². The Morgan fingerprint density at radius 1 is 1.39 bits per heavy atom. The summed E-state index contributed by atoms with van der Waals surface area (Å²) in [7, 11) is 0. The summed E-state index contributed by atoms with van der Waals surface area (Å²) in [6.07, 6.45) is 1.57. The number of anilines is 1. The van der Waals surface area contributed by atoms with Gasteiger partial charge in [-0.25, -0.2) is 0 Å². The normalized spacial score (nSPS) is 13.2. The SMILES string of the molecule is Cc1c(C#N)c(NC(=O)CNC(C)(C(N)=O)C(C)C)n(Cc2ccco2)c1C. The number of primary amides is 1. The number of carbonyl (C=O) groups excluding carboxylic acids is 2. The van der Waals surface area contributed by atoms with Crippen LogP contribution in [0.15, 0.2) is 22.8 Å². The second-order valence-electron chi connectivity index (χ2n) is 7.33. The summed E-state index contributed by atoms with van der Waals surface area (Å²) in [5.41, 5.74) is 6.53. The second kappa shape index (κ2) is 8.31. The van der Waals surface area contributed by atoms with Gasteiger partial charge in [-0.2, -0.15) is 5.26 Å². The zero-order valence-electron chi connectivity index (χ0n) is 16.9. The fourth-order valence-corrected chi connectivity index (χ4v) is 2.90. The number of hydrogen-bond donors (Lipinski definition) is 3. The van der Waals surface area contributed by atoms with Gasteiger partial charge >= 0.3 is 0 Å². The summed E-state index contributed by atoms with van der Waals surface area (Å²) in [5.74, 6) is 0.117. The van der Waals surface area contributed by atoms with Crippen LogP contribution in [0.4, 0.5) is 5.82 Å². The van der Waals surface area contributed by atoms with E-state index >= 15 is 0 Å². The van der Waals surface area contributed by atoms with Gasteiger partial charge < -0.3 is 20.0 Å². The number of carbonyl (C=O) groups is 2. The number of furan rings is 1. The van der Waals surface area contributed by atoms with Crippen LogP contribution in [0.2, 0.25) is 0 Å². The molecule has 0 aromatic carbocycles. The standard InChI is InChI=1S/C20H27N5O3/c1-12(2)20(5,19(22)27)23-10-17(26)24-18-16(9-21)13(3)14(4)25(18)11-15-7-6-8-28-15/h6-8,12,23H,10-11H2,1-5H3,(H2,22,27)(H,24,26). The Labute approximate surface area is 164 Å². The van der Waals surface area contributed by atoms with Crippen LogP contribution in [0.3, 0.4) is 0 Å². The van der Waals surface area contributed by atoms with Gasteiger partial charge in [-0.05, 0) is 44.4 Å². The topological polar surface area (TPSA) is 126 Å². The third-order valence-electron chi connectivity index (χ3n) is 5.38. The van der Waals surface area contributed by atoms with Crippen LogP contribution in [0, 0.1) is 31.1 Å². The maximum Gasteiger partial charge on any atom is 0.239 e. The molecule has 0 spiro atoms. The van der Waals surface area contributed by atoms with E-state index in [1.165, 1.54) is 0 Å². The van der Waals surface area contributed by atoms with Crippen molar-refractivity contribution in [1.82, 2.24) is 9.88 Å². The van der Waals surface area contributed by atoms with E-state index in [1.54, 1.807) is 19.3 Å². The number of nitrogens with zero attached hydrogens (tertiary/aromatic N) is 2. The molecular formula is C20H27N5O3. The van der Waals surface area contributed by atoms with E-state index in [4.69, 9.17) is 10.2 Å². The van der Waals surface area contributed by atoms with Crippen molar-refractivity contribution in [2.45, 2.75) is 46.7 Å². The van der Waals surface area contributed by atoms with Crippen molar-refractivity contribution in [1.29, 1.82) is 5.26 Å². The van der Waals surface area contributed by atoms with E-state index in [2.05, 4.69) is 16.7 Å². The van der Waals surface area contributed by atoms with Crippen molar-refractivity contribution in [2.24, 2.45) is 11.7 Å². The number of amides is 2. The highest BCUT2D eigenvalue weighted by molar-refractivity contribution is 5.94. The van der Waals surface area contributed by atoms with Gasteiger partial charge in [0.05, 0.1) is 30.5 Å². The number of nitriles is 1. The molecule has 0 aliphatic rings. The maximum atomic E-state index is 12.6. The predicted octanol–water partition coefficient (Wildman–Crippen LogP) is 2.05. The lowest BCUT2D eigenvalue weighted by Crippen LogP contribution is -2.58. The molecule has 0 radical (unpaired) electrons. The zero-order valence-corrected chi connectivity index (χ0v) is 16.9. The third kappa shape index (κ3) is 4.10. The Balaban J connectivity index is 2.25. The van der Waals surface area contributed by atoms with E-state index in [0.717, 1.165) is 11.3 Å². The number of aromatic nitrogens is 1. The fourth-order valence-electron chi connectivity index (χ4n) is 2.90. The molecule has 1 unspecified atom stereocenters. The lowest BCUT2D eigenvalue weighted by molar-refractivity contribution is -0.125. The van der Waals surface area contributed by atoms with E-state index in [1.807, 2.05) is 38.3 Å². The molecule has 0 fully saturated rings. The Kier molecular flexibility index (Phi) is 6.31. The van der Waals surface area contributed by atoms with Gasteiger partial charge in [0, 0.05) is 5.69 Å². The smallest absolute Gasteiger partial charge is 0.239 e. The van der Waals surface area contributed by atoms with Gasteiger partial charge in [0.2, 0.25) is 11.8 Å². The van der Waals surface area contributed by atoms with Crippen LogP contribution in [0.1, 0.15) is 43.4 Å². The number of rotatable bonds is 8. The summed E-state index contributed by atoms with van der Waals surface area (Å²) in [6, 6.07) is 5.77. The predicted molar refractivity (Wildman–Crippen MR) is 106 cm³/mol.